The van der Waals surface area contributed by atoms with Gasteiger partial charge in [-0.15, -0.1) is 0 Å². The van der Waals surface area contributed by atoms with Crippen LogP contribution in [-0.4, -0.2) is 47.9 Å². The van der Waals surface area contributed by atoms with Crippen molar-refractivity contribution in [2.75, 3.05) is 38.1 Å². The van der Waals surface area contributed by atoms with Crippen LogP contribution in [0, 0.1) is 0 Å². The molecule has 0 saturated heterocycles. The Hall–Kier alpha value is 0.1000. The lowest BCUT2D eigenvalue weighted by Gasteiger charge is -2.48. The molecule has 0 aliphatic heterocycles. The average Bonchev–Trinajstić information content (AvgIpc) is 2.53. The van der Waals surface area contributed by atoms with Crippen molar-refractivity contribution >= 4 is 20.1 Å². The summed E-state index contributed by atoms with van der Waals surface area (Å²) < 4.78 is 0. The molecule has 0 fully saturated rings. The van der Waals surface area contributed by atoms with Crippen molar-refractivity contribution in [3.8, 4) is 0 Å². The molecule has 0 spiro atoms. The normalized spacial score (nSPS) is 19.5. The molecule has 2 nitrogen and oxygen atoms in total. The van der Waals surface area contributed by atoms with Gasteiger partial charge in [0.2, 0.25) is 0 Å². The van der Waals surface area contributed by atoms with E-state index < -0.39 is 20.1 Å². The fraction of sp³-hybridized carbons (Fsp3) is 0.789. The van der Waals surface area contributed by atoms with E-state index in [1.165, 1.54) is 0 Å². The fourth-order valence-electron chi connectivity index (χ4n) is 2.53. The highest BCUT2D eigenvalue weighted by Crippen LogP contribution is 2.55. The van der Waals surface area contributed by atoms with Crippen molar-refractivity contribution in [1.29, 1.82) is 0 Å². The molecular weight excluding hydrogens is 320 g/mol. The Morgan fingerprint density at radius 2 is 1.09 bits per heavy atom. The smallest absolute Gasteiger partial charge is 0.0487 e. The Labute approximate surface area is 149 Å². The first-order valence-corrected chi connectivity index (χ1v) is 13.7. The van der Waals surface area contributed by atoms with Gasteiger partial charge in [0.05, 0.1) is 0 Å². The van der Waals surface area contributed by atoms with E-state index in [1.54, 1.807) is 0 Å². The number of hydrogen-bond donors (Lipinski definition) is 2. The van der Waals surface area contributed by atoms with Gasteiger partial charge in [-0.05, 0) is 71.2 Å². The third kappa shape index (κ3) is 5.55. The Morgan fingerprint density at radius 3 is 1.30 bits per heavy atom. The van der Waals surface area contributed by atoms with Crippen LogP contribution in [-0.2, 0) is 0 Å². The zero-order valence-electron chi connectivity index (χ0n) is 16.9. The summed E-state index contributed by atoms with van der Waals surface area (Å²) >= 11 is 0. The number of nitrogens with one attached hydrogen (secondary N) is 2. The Bertz CT molecular complexity index is 357. The van der Waals surface area contributed by atoms with Crippen LogP contribution in [0.25, 0.3) is 0 Å². The topological polar surface area (TPSA) is 24.1 Å². The lowest BCUT2D eigenvalue weighted by molar-refractivity contribution is 0.439. The quantitative estimate of drug-likeness (QED) is 0.465. The van der Waals surface area contributed by atoms with Crippen molar-refractivity contribution in [3.05, 3.63) is 24.0 Å². The Morgan fingerprint density at radius 1 is 0.783 bits per heavy atom. The largest absolute Gasteiger partial charge is 0.304 e. The maximum atomic E-state index is 4.05. The summed E-state index contributed by atoms with van der Waals surface area (Å²) in [6.45, 7) is 19.4. The van der Waals surface area contributed by atoms with E-state index in [-0.39, 0.29) is 9.74 Å². The molecule has 0 aromatic heterocycles. The van der Waals surface area contributed by atoms with Gasteiger partial charge in [-0.2, -0.15) is 0 Å². The molecule has 0 aromatic rings. The first kappa shape index (κ1) is 23.1. The molecule has 0 heterocycles. The minimum absolute atomic E-state index is 0.175. The van der Waals surface area contributed by atoms with Gasteiger partial charge in [0, 0.05) is 9.74 Å². The van der Waals surface area contributed by atoms with Crippen LogP contribution in [0.1, 0.15) is 47.0 Å². The van der Waals surface area contributed by atoms with Crippen LogP contribution in [0.5, 0.6) is 0 Å². The lowest BCUT2D eigenvalue weighted by atomic mass is 10.2. The zero-order valence-corrected chi connectivity index (χ0v) is 18.6. The number of hydrogen-bond acceptors (Lipinski definition) is 2. The molecule has 2 atom stereocenters. The highest BCUT2D eigenvalue weighted by Gasteiger charge is 2.34. The fourth-order valence-corrected chi connectivity index (χ4v) is 5.70. The molecule has 0 aliphatic rings. The minimum Gasteiger partial charge on any atom is -0.304 e. The Kier molecular flexibility index (Phi) is 9.02. The predicted octanol–water partition coefficient (Wildman–Crippen LogP) is 5.22. The van der Waals surface area contributed by atoms with Crippen LogP contribution >= 0.6 is 20.1 Å². The lowest BCUT2D eigenvalue weighted by Crippen LogP contribution is -2.48. The maximum Gasteiger partial charge on any atom is 0.0487 e. The van der Waals surface area contributed by atoms with Gasteiger partial charge >= 0.3 is 0 Å². The summed E-state index contributed by atoms with van der Waals surface area (Å²) in [5.41, 5.74) is 0. The summed E-state index contributed by atoms with van der Waals surface area (Å²) in [5, 5.41) is 11.9. The van der Waals surface area contributed by atoms with Crippen molar-refractivity contribution < 1.29 is 0 Å². The van der Waals surface area contributed by atoms with Crippen LogP contribution < -0.4 is 10.6 Å². The van der Waals surface area contributed by atoms with Crippen LogP contribution in [0.15, 0.2) is 24.0 Å². The Balaban J connectivity index is 4.52. The van der Waals surface area contributed by atoms with Gasteiger partial charge in [-0.25, -0.2) is 20.1 Å². The van der Waals surface area contributed by atoms with Gasteiger partial charge in [-0.1, -0.05) is 37.8 Å². The van der Waals surface area contributed by atoms with Crippen LogP contribution in [0.3, 0.4) is 0 Å². The highest BCUT2D eigenvalue weighted by atomic mass is 32.3. The van der Waals surface area contributed by atoms with E-state index in [2.05, 4.69) is 87.3 Å². The monoisotopic (exact) mass is 362 g/mol. The van der Waals surface area contributed by atoms with E-state index in [0.717, 1.165) is 32.4 Å². The second-order valence-corrected chi connectivity index (χ2v) is 15.6. The van der Waals surface area contributed by atoms with Gasteiger partial charge in [0.25, 0.3) is 0 Å². The molecule has 0 radical (unpaired) electrons. The van der Waals surface area contributed by atoms with Crippen molar-refractivity contribution in [2.45, 2.75) is 56.7 Å². The standard InChI is InChI=1S/C19H42N2S2/c1-11-18(5,22(7,8)13-3)20-16-15-17-21-19(6,12-2)23(9,10)14-4/h13-14,20-21H,3-4,11-12,15-17H2,1-2,5-10H3. The summed E-state index contributed by atoms with van der Waals surface area (Å²) in [5.74, 6) is 0. The first-order valence-electron chi connectivity index (χ1n) is 8.66. The van der Waals surface area contributed by atoms with Gasteiger partial charge in [0.1, 0.15) is 0 Å². The SMILES string of the molecule is C=CS(C)(C)C(C)(CC)NCCCNC(C)(CC)S(C)(C)C=C. The maximum absolute atomic E-state index is 4.05. The molecular formula is C19H42N2S2. The molecule has 0 saturated carbocycles. The van der Waals surface area contributed by atoms with Crippen molar-refractivity contribution in [2.24, 2.45) is 0 Å². The van der Waals surface area contributed by atoms with Crippen molar-refractivity contribution in [3.63, 3.8) is 0 Å². The second kappa shape index (κ2) is 8.98. The summed E-state index contributed by atoms with van der Waals surface area (Å²) in [6.07, 6.45) is 12.8. The zero-order chi connectivity index (χ0) is 18.4. The molecule has 0 amide bonds. The van der Waals surface area contributed by atoms with Crippen LogP contribution in [0.4, 0.5) is 0 Å². The molecule has 140 valence electrons. The third-order valence-electron chi connectivity index (χ3n) is 5.86. The average molecular weight is 363 g/mol. The van der Waals surface area contributed by atoms with E-state index in [1.807, 2.05) is 0 Å². The van der Waals surface area contributed by atoms with E-state index in [0.29, 0.717) is 0 Å². The molecule has 2 unspecified atom stereocenters. The molecule has 0 bridgehead atoms. The third-order valence-corrected chi connectivity index (χ3v) is 13.0. The number of rotatable bonds is 12. The van der Waals surface area contributed by atoms with Crippen molar-refractivity contribution in [1.82, 2.24) is 10.6 Å². The molecule has 2 N–H and O–H groups in total. The minimum atomic E-state index is -0.834. The molecule has 4 heteroatoms. The molecule has 0 aromatic carbocycles. The highest BCUT2D eigenvalue weighted by molar-refractivity contribution is 8.36. The predicted molar refractivity (Wildman–Crippen MR) is 117 cm³/mol. The summed E-state index contributed by atoms with van der Waals surface area (Å²) in [7, 11) is -1.67. The molecule has 0 aliphatic carbocycles. The first-order chi connectivity index (χ1) is 10.4. The summed E-state index contributed by atoms with van der Waals surface area (Å²) in [4.78, 5) is 0.350. The van der Waals surface area contributed by atoms with Gasteiger partial charge in [0.15, 0.2) is 0 Å². The second-order valence-electron chi connectivity index (χ2n) is 7.52. The van der Waals surface area contributed by atoms with Crippen LogP contribution in [0.2, 0.25) is 0 Å². The van der Waals surface area contributed by atoms with E-state index in [4.69, 9.17) is 0 Å². The van der Waals surface area contributed by atoms with Gasteiger partial charge < -0.3 is 10.6 Å². The molecule has 23 heavy (non-hydrogen) atoms. The summed E-state index contributed by atoms with van der Waals surface area (Å²) in [6, 6.07) is 0. The van der Waals surface area contributed by atoms with E-state index in [9.17, 15) is 0 Å². The van der Waals surface area contributed by atoms with E-state index >= 15 is 0 Å². The molecule has 0 rings (SSSR count). The van der Waals surface area contributed by atoms with Gasteiger partial charge in [-0.3, -0.25) is 0 Å².